The number of hydrogen-bond acceptors (Lipinski definition) is 8. The average Bonchev–Trinajstić information content (AvgIpc) is 3.24. The van der Waals surface area contributed by atoms with E-state index in [-0.39, 0.29) is 23.6 Å². The number of nitro benzene ring substituents is 1. The van der Waals surface area contributed by atoms with Crippen molar-refractivity contribution in [1.82, 2.24) is 5.43 Å². The SMILES string of the molecule is CC(=NOCC(=O)N/N=C/c1cc([N+](=O)[O-])c2ccccc2c1O)c1cccs1. The number of fused-ring (bicyclic) bond motifs is 1. The molecular formula is C19H16N4O5S. The van der Waals surface area contributed by atoms with Crippen LogP contribution in [0.15, 0.2) is 58.1 Å². The molecule has 0 aliphatic heterocycles. The first-order valence-corrected chi connectivity index (χ1v) is 9.26. The molecule has 1 aromatic heterocycles. The van der Waals surface area contributed by atoms with Gasteiger partial charge in [-0.1, -0.05) is 29.4 Å². The van der Waals surface area contributed by atoms with Crippen LogP contribution in [0.25, 0.3) is 10.8 Å². The smallest absolute Gasteiger partial charge is 0.280 e. The van der Waals surface area contributed by atoms with Gasteiger partial charge in [-0.3, -0.25) is 14.9 Å². The number of carbonyl (C=O) groups excluding carboxylic acids is 1. The Morgan fingerprint density at radius 2 is 2.07 bits per heavy atom. The molecule has 0 radical (unpaired) electrons. The third kappa shape index (κ3) is 4.74. The number of hydrogen-bond donors (Lipinski definition) is 2. The normalized spacial score (nSPS) is 11.7. The summed E-state index contributed by atoms with van der Waals surface area (Å²) in [5.41, 5.74) is 2.79. The molecule has 9 nitrogen and oxygen atoms in total. The molecule has 0 saturated heterocycles. The van der Waals surface area contributed by atoms with Crippen molar-refractivity contribution in [1.29, 1.82) is 0 Å². The van der Waals surface area contributed by atoms with Gasteiger partial charge in [-0.2, -0.15) is 5.10 Å². The van der Waals surface area contributed by atoms with Gasteiger partial charge in [0.25, 0.3) is 11.6 Å². The van der Waals surface area contributed by atoms with E-state index in [2.05, 4.69) is 15.7 Å². The van der Waals surface area contributed by atoms with Gasteiger partial charge in [0.1, 0.15) is 5.75 Å². The van der Waals surface area contributed by atoms with Crippen molar-refractivity contribution in [2.75, 3.05) is 6.61 Å². The van der Waals surface area contributed by atoms with Gasteiger partial charge in [-0.05, 0) is 24.4 Å². The molecule has 0 atom stereocenters. The van der Waals surface area contributed by atoms with Crippen LogP contribution in [0.2, 0.25) is 0 Å². The summed E-state index contributed by atoms with van der Waals surface area (Å²) in [5.74, 6) is -0.740. The lowest BCUT2D eigenvalue weighted by atomic mass is 10.0. The number of hydrazone groups is 1. The molecule has 29 heavy (non-hydrogen) atoms. The first-order chi connectivity index (χ1) is 14.0. The molecule has 0 spiro atoms. The molecule has 0 unspecified atom stereocenters. The minimum atomic E-state index is -0.571. The molecule has 2 N–H and O–H groups in total. The highest BCUT2D eigenvalue weighted by atomic mass is 32.1. The maximum Gasteiger partial charge on any atom is 0.280 e. The molecule has 3 rings (SSSR count). The molecule has 148 valence electrons. The van der Waals surface area contributed by atoms with E-state index in [0.29, 0.717) is 16.5 Å². The van der Waals surface area contributed by atoms with Crippen molar-refractivity contribution < 1.29 is 19.7 Å². The van der Waals surface area contributed by atoms with Crippen LogP contribution < -0.4 is 5.43 Å². The van der Waals surface area contributed by atoms with Crippen molar-refractivity contribution in [2.24, 2.45) is 10.3 Å². The molecule has 0 aliphatic rings. The number of aromatic hydroxyl groups is 1. The van der Waals surface area contributed by atoms with E-state index in [1.54, 1.807) is 31.2 Å². The molecular weight excluding hydrogens is 396 g/mol. The number of phenolic OH excluding ortho intramolecular Hbond substituents is 1. The van der Waals surface area contributed by atoms with E-state index in [9.17, 15) is 20.0 Å². The van der Waals surface area contributed by atoms with E-state index in [4.69, 9.17) is 4.84 Å². The number of non-ortho nitro benzene ring substituents is 1. The van der Waals surface area contributed by atoms with Gasteiger partial charge in [0.2, 0.25) is 0 Å². The largest absolute Gasteiger partial charge is 0.507 e. The summed E-state index contributed by atoms with van der Waals surface area (Å²) in [7, 11) is 0. The number of oxime groups is 1. The Morgan fingerprint density at radius 1 is 1.31 bits per heavy atom. The Hall–Kier alpha value is -3.79. The van der Waals surface area contributed by atoms with Crippen LogP contribution >= 0.6 is 11.3 Å². The van der Waals surface area contributed by atoms with Gasteiger partial charge >= 0.3 is 0 Å². The first-order valence-electron chi connectivity index (χ1n) is 8.39. The molecule has 0 saturated carbocycles. The Labute approximate surface area is 169 Å². The quantitative estimate of drug-likeness (QED) is 0.349. The Morgan fingerprint density at radius 3 is 2.76 bits per heavy atom. The van der Waals surface area contributed by atoms with Crippen molar-refractivity contribution >= 4 is 45.6 Å². The Kier molecular flexibility index (Phi) is 6.15. The number of thiophene rings is 1. The summed E-state index contributed by atoms with van der Waals surface area (Å²) in [6.45, 7) is 1.40. The highest BCUT2D eigenvalue weighted by Crippen LogP contribution is 2.34. The van der Waals surface area contributed by atoms with Gasteiger partial charge < -0.3 is 9.94 Å². The van der Waals surface area contributed by atoms with Crippen LogP contribution in [0.1, 0.15) is 17.4 Å². The number of benzene rings is 2. The number of nitro groups is 1. The lowest BCUT2D eigenvalue weighted by molar-refractivity contribution is -0.383. The van der Waals surface area contributed by atoms with Gasteiger partial charge in [0, 0.05) is 17.0 Å². The van der Waals surface area contributed by atoms with Gasteiger partial charge in [-0.25, -0.2) is 5.43 Å². The van der Waals surface area contributed by atoms with Crippen LogP contribution in [0, 0.1) is 10.1 Å². The molecule has 2 aromatic carbocycles. The number of amides is 1. The van der Waals surface area contributed by atoms with Crippen molar-refractivity contribution in [3.63, 3.8) is 0 Å². The monoisotopic (exact) mass is 412 g/mol. The maximum atomic E-state index is 11.8. The summed E-state index contributed by atoms with van der Waals surface area (Å²) in [5, 5.41) is 31.8. The second-order valence-corrected chi connectivity index (χ2v) is 6.80. The van der Waals surface area contributed by atoms with Crippen LogP contribution in [0.3, 0.4) is 0 Å². The van der Waals surface area contributed by atoms with Gasteiger partial charge in [0.15, 0.2) is 6.61 Å². The third-order valence-corrected chi connectivity index (χ3v) is 4.87. The van der Waals surface area contributed by atoms with Crippen LogP contribution in [-0.4, -0.2) is 34.5 Å². The topological polar surface area (TPSA) is 126 Å². The lowest BCUT2D eigenvalue weighted by Crippen LogP contribution is -2.22. The summed E-state index contributed by atoms with van der Waals surface area (Å²) >= 11 is 1.50. The molecule has 1 amide bonds. The van der Waals surface area contributed by atoms with Gasteiger partial charge in [0.05, 0.1) is 27.1 Å². The minimum absolute atomic E-state index is 0.100. The second kappa shape index (κ2) is 8.93. The molecule has 10 heteroatoms. The fraction of sp³-hybridized carbons (Fsp3) is 0.105. The molecule has 0 bridgehead atoms. The molecule has 0 fully saturated rings. The average molecular weight is 412 g/mol. The standard InChI is InChI=1S/C19H16N4O5S/c1-12(17-7-4-8-29-17)22-28-11-18(24)21-20-10-13-9-16(23(26)27)14-5-2-3-6-15(14)19(13)25/h2-10,25H,11H2,1H3,(H,21,24)/b20-10+,22-12?. The van der Waals surface area contributed by atoms with Crippen LogP contribution in [-0.2, 0) is 9.63 Å². The predicted molar refractivity (Wildman–Crippen MR) is 110 cm³/mol. The second-order valence-electron chi connectivity index (χ2n) is 5.86. The number of phenols is 1. The number of carbonyl (C=O) groups is 1. The number of nitrogens with one attached hydrogen (secondary N) is 1. The van der Waals surface area contributed by atoms with Crippen LogP contribution in [0.4, 0.5) is 5.69 Å². The highest BCUT2D eigenvalue weighted by molar-refractivity contribution is 7.12. The fourth-order valence-electron chi connectivity index (χ4n) is 2.53. The fourth-order valence-corrected chi connectivity index (χ4v) is 3.20. The van der Waals surface area contributed by atoms with Gasteiger partial charge in [-0.15, -0.1) is 11.3 Å². The molecule has 1 heterocycles. The van der Waals surface area contributed by atoms with Crippen molar-refractivity contribution in [3.8, 4) is 5.75 Å². The zero-order valence-electron chi connectivity index (χ0n) is 15.2. The Bertz CT molecular complexity index is 1110. The number of rotatable bonds is 7. The van der Waals surface area contributed by atoms with E-state index in [1.807, 2.05) is 17.5 Å². The maximum absolute atomic E-state index is 11.8. The minimum Gasteiger partial charge on any atom is -0.507 e. The first kappa shape index (κ1) is 20.0. The highest BCUT2D eigenvalue weighted by Gasteiger charge is 2.17. The lowest BCUT2D eigenvalue weighted by Gasteiger charge is -2.05. The summed E-state index contributed by atoms with van der Waals surface area (Å²) in [6.07, 6.45) is 1.13. The van der Waals surface area contributed by atoms with Crippen LogP contribution in [0.5, 0.6) is 5.75 Å². The summed E-state index contributed by atoms with van der Waals surface area (Å²) < 4.78 is 0. The van der Waals surface area contributed by atoms with E-state index >= 15 is 0 Å². The van der Waals surface area contributed by atoms with Crippen molar-refractivity contribution in [2.45, 2.75) is 6.92 Å². The summed E-state index contributed by atoms with van der Waals surface area (Å²) in [4.78, 5) is 28.5. The molecule has 0 aliphatic carbocycles. The van der Waals surface area contributed by atoms with E-state index < -0.39 is 10.8 Å². The van der Waals surface area contributed by atoms with E-state index in [1.165, 1.54) is 17.4 Å². The van der Waals surface area contributed by atoms with E-state index in [0.717, 1.165) is 11.1 Å². The van der Waals surface area contributed by atoms with Crippen molar-refractivity contribution in [3.05, 3.63) is 68.4 Å². The number of nitrogens with zero attached hydrogens (tertiary/aromatic N) is 3. The molecule has 3 aromatic rings. The summed E-state index contributed by atoms with van der Waals surface area (Å²) in [6, 6.07) is 11.4. The predicted octanol–water partition coefficient (Wildman–Crippen LogP) is 3.41. The zero-order valence-corrected chi connectivity index (χ0v) is 16.0. The zero-order chi connectivity index (χ0) is 20.8. The third-order valence-electron chi connectivity index (χ3n) is 3.89. The Balaban J connectivity index is 1.66.